The summed E-state index contributed by atoms with van der Waals surface area (Å²) in [6.45, 7) is 6.60. The average Bonchev–Trinajstić information content (AvgIpc) is 2.88. The van der Waals surface area contributed by atoms with Gasteiger partial charge in [0.05, 0.1) is 22.7 Å². The topological polar surface area (TPSA) is 81.2 Å². The monoisotopic (exact) mass is 275 g/mol. The molecular formula is C14H17N3O3. The molecule has 0 saturated carbocycles. The number of aryl methyl sites for hydroxylation is 1. The molecule has 0 spiro atoms. The van der Waals surface area contributed by atoms with Gasteiger partial charge in [-0.25, -0.2) is 4.98 Å². The number of benzene rings is 1. The Morgan fingerprint density at radius 3 is 2.90 bits per heavy atom. The summed E-state index contributed by atoms with van der Waals surface area (Å²) in [5.41, 5.74) is 1.41. The van der Waals surface area contributed by atoms with Crippen LogP contribution in [0.1, 0.15) is 31.3 Å². The summed E-state index contributed by atoms with van der Waals surface area (Å²) in [5, 5.41) is 14.3. The predicted molar refractivity (Wildman–Crippen MR) is 75.4 cm³/mol. The molecular weight excluding hydrogens is 258 g/mol. The Bertz CT molecular complexity index is 622. The van der Waals surface area contributed by atoms with Gasteiger partial charge in [0.1, 0.15) is 0 Å². The van der Waals surface area contributed by atoms with Gasteiger partial charge in [0.15, 0.2) is 5.76 Å². The zero-order valence-electron chi connectivity index (χ0n) is 11.7. The van der Waals surface area contributed by atoms with Crippen LogP contribution in [0.5, 0.6) is 0 Å². The van der Waals surface area contributed by atoms with Gasteiger partial charge in [0.25, 0.3) is 5.69 Å². The van der Waals surface area contributed by atoms with E-state index in [1.54, 1.807) is 12.1 Å². The lowest BCUT2D eigenvalue weighted by atomic mass is 10.1. The summed E-state index contributed by atoms with van der Waals surface area (Å²) in [4.78, 5) is 14.9. The Morgan fingerprint density at radius 1 is 1.50 bits per heavy atom. The van der Waals surface area contributed by atoms with E-state index in [0.29, 0.717) is 17.2 Å². The van der Waals surface area contributed by atoms with Crippen LogP contribution < -0.4 is 5.32 Å². The number of nitrogens with one attached hydrogen (secondary N) is 1. The Hall–Kier alpha value is -2.21. The molecule has 1 aromatic heterocycles. The number of aromatic nitrogens is 1. The van der Waals surface area contributed by atoms with Crippen molar-refractivity contribution in [2.45, 2.75) is 26.8 Å². The molecule has 0 saturated heterocycles. The van der Waals surface area contributed by atoms with Crippen molar-refractivity contribution < 1.29 is 9.34 Å². The number of rotatable bonds is 5. The molecule has 6 nitrogen and oxygen atoms in total. The summed E-state index contributed by atoms with van der Waals surface area (Å²) < 4.78 is 5.65. The number of nitro groups is 1. The highest BCUT2D eigenvalue weighted by atomic mass is 16.6. The summed E-state index contributed by atoms with van der Waals surface area (Å²) in [5.74, 6) is 0.942. The molecule has 0 bridgehead atoms. The third-order valence-corrected chi connectivity index (χ3v) is 3.02. The van der Waals surface area contributed by atoms with Crippen molar-refractivity contribution in [1.29, 1.82) is 0 Å². The second kappa shape index (κ2) is 5.83. The highest BCUT2D eigenvalue weighted by Crippen LogP contribution is 2.32. The molecule has 0 aliphatic carbocycles. The van der Waals surface area contributed by atoms with E-state index < -0.39 is 4.92 Å². The van der Waals surface area contributed by atoms with Crippen LogP contribution in [0.3, 0.4) is 0 Å². The zero-order valence-corrected chi connectivity index (χ0v) is 11.7. The first-order valence-corrected chi connectivity index (χ1v) is 6.47. The summed E-state index contributed by atoms with van der Waals surface area (Å²) in [6, 6.07) is 4.90. The van der Waals surface area contributed by atoms with Crippen LogP contribution in [0.15, 0.2) is 28.8 Å². The summed E-state index contributed by atoms with van der Waals surface area (Å²) in [6.07, 6.45) is 1.53. The molecule has 0 aliphatic rings. The van der Waals surface area contributed by atoms with Gasteiger partial charge in [-0.1, -0.05) is 13.0 Å². The first-order valence-electron chi connectivity index (χ1n) is 6.47. The van der Waals surface area contributed by atoms with E-state index in [1.165, 1.54) is 12.3 Å². The SMILES string of the molecule is CCNC(C)c1ncc(-c2cc(C)ccc2[N+](=O)[O-])o1. The van der Waals surface area contributed by atoms with Gasteiger partial charge in [0.2, 0.25) is 5.89 Å². The lowest BCUT2D eigenvalue weighted by Crippen LogP contribution is -2.17. The first kappa shape index (κ1) is 14.2. The fourth-order valence-corrected chi connectivity index (χ4v) is 2.01. The average molecular weight is 275 g/mol. The van der Waals surface area contributed by atoms with E-state index in [9.17, 15) is 10.1 Å². The standard InChI is InChI=1S/C14H17N3O3/c1-4-15-10(3)14-16-8-13(20-14)11-7-9(2)5-6-12(11)17(18)19/h5-8,10,15H,4H2,1-3H3. The summed E-state index contributed by atoms with van der Waals surface area (Å²) in [7, 11) is 0. The Labute approximate surface area is 117 Å². The summed E-state index contributed by atoms with van der Waals surface area (Å²) >= 11 is 0. The fourth-order valence-electron chi connectivity index (χ4n) is 2.01. The highest BCUT2D eigenvalue weighted by Gasteiger charge is 2.20. The van der Waals surface area contributed by atoms with Crippen LogP contribution in [0, 0.1) is 17.0 Å². The minimum atomic E-state index is -0.412. The van der Waals surface area contributed by atoms with Crippen molar-refractivity contribution in [3.05, 3.63) is 46.0 Å². The highest BCUT2D eigenvalue weighted by molar-refractivity contribution is 5.69. The number of oxazole rings is 1. The lowest BCUT2D eigenvalue weighted by molar-refractivity contribution is -0.384. The number of nitro benzene ring substituents is 1. The van der Waals surface area contributed by atoms with Gasteiger partial charge in [0, 0.05) is 6.07 Å². The molecule has 1 heterocycles. The fraction of sp³-hybridized carbons (Fsp3) is 0.357. The smallest absolute Gasteiger partial charge is 0.280 e. The van der Waals surface area contributed by atoms with Gasteiger partial charge in [-0.15, -0.1) is 0 Å². The molecule has 6 heteroatoms. The van der Waals surface area contributed by atoms with Crippen LogP contribution in [-0.4, -0.2) is 16.5 Å². The molecule has 0 radical (unpaired) electrons. The van der Waals surface area contributed by atoms with Crippen LogP contribution in [0.4, 0.5) is 5.69 Å². The van der Waals surface area contributed by atoms with E-state index in [0.717, 1.165) is 12.1 Å². The molecule has 1 unspecified atom stereocenters. The maximum Gasteiger partial charge on any atom is 0.280 e. The van der Waals surface area contributed by atoms with Crippen molar-refractivity contribution in [3.63, 3.8) is 0 Å². The van der Waals surface area contributed by atoms with E-state index in [2.05, 4.69) is 10.3 Å². The normalized spacial score (nSPS) is 12.3. The molecule has 1 aromatic carbocycles. The minimum absolute atomic E-state index is 0.0226. The van der Waals surface area contributed by atoms with Gasteiger partial charge in [-0.2, -0.15) is 0 Å². The van der Waals surface area contributed by atoms with Crippen molar-refractivity contribution >= 4 is 5.69 Å². The van der Waals surface area contributed by atoms with Gasteiger partial charge >= 0.3 is 0 Å². The molecule has 2 rings (SSSR count). The molecule has 1 N–H and O–H groups in total. The number of hydrogen-bond acceptors (Lipinski definition) is 5. The van der Waals surface area contributed by atoms with Crippen LogP contribution in [0.25, 0.3) is 11.3 Å². The van der Waals surface area contributed by atoms with Gasteiger partial charge in [-0.3, -0.25) is 10.1 Å². The molecule has 2 aromatic rings. The molecule has 0 amide bonds. The quantitative estimate of drug-likeness (QED) is 0.669. The van der Waals surface area contributed by atoms with Crippen LogP contribution >= 0.6 is 0 Å². The van der Waals surface area contributed by atoms with Gasteiger partial charge < -0.3 is 9.73 Å². The van der Waals surface area contributed by atoms with Crippen molar-refractivity contribution in [3.8, 4) is 11.3 Å². The first-order chi connectivity index (χ1) is 9.52. The Balaban J connectivity index is 2.41. The Morgan fingerprint density at radius 2 is 2.25 bits per heavy atom. The maximum atomic E-state index is 11.1. The van der Waals surface area contributed by atoms with Crippen LogP contribution in [-0.2, 0) is 0 Å². The third kappa shape index (κ3) is 2.85. The largest absolute Gasteiger partial charge is 0.439 e. The zero-order chi connectivity index (χ0) is 14.7. The second-order valence-electron chi connectivity index (χ2n) is 4.62. The molecule has 20 heavy (non-hydrogen) atoms. The second-order valence-corrected chi connectivity index (χ2v) is 4.62. The van der Waals surface area contributed by atoms with E-state index in [1.807, 2.05) is 20.8 Å². The number of nitrogens with zero attached hydrogens (tertiary/aromatic N) is 2. The van der Waals surface area contributed by atoms with E-state index in [-0.39, 0.29) is 11.7 Å². The van der Waals surface area contributed by atoms with Gasteiger partial charge in [-0.05, 0) is 32.0 Å². The lowest BCUT2D eigenvalue weighted by Gasteiger charge is -2.07. The number of hydrogen-bond donors (Lipinski definition) is 1. The molecule has 0 aliphatic heterocycles. The van der Waals surface area contributed by atoms with Crippen molar-refractivity contribution in [2.24, 2.45) is 0 Å². The molecule has 1 atom stereocenters. The van der Waals surface area contributed by atoms with Crippen molar-refractivity contribution in [2.75, 3.05) is 6.54 Å². The molecule has 0 fully saturated rings. The Kier molecular flexibility index (Phi) is 4.14. The maximum absolute atomic E-state index is 11.1. The van der Waals surface area contributed by atoms with E-state index in [4.69, 9.17) is 4.42 Å². The van der Waals surface area contributed by atoms with E-state index >= 15 is 0 Å². The van der Waals surface area contributed by atoms with Crippen molar-refractivity contribution in [1.82, 2.24) is 10.3 Å². The predicted octanol–water partition coefficient (Wildman–Crippen LogP) is 3.23. The molecule has 106 valence electrons. The van der Waals surface area contributed by atoms with Crippen LogP contribution in [0.2, 0.25) is 0 Å². The third-order valence-electron chi connectivity index (χ3n) is 3.02. The minimum Gasteiger partial charge on any atom is -0.439 e.